The van der Waals surface area contributed by atoms with E-state index in [0.717, 1.165) is 24.2 Å². The van der Waals surface area contributed by atoms with Crippen LogP contribution in [0.1, 0.15) is 24.7 Å². The Bertz CT molecular complexity index is 610. The summed E-state index contributed by atoms with van der Waals surface area (Å²) in [6.45, 7) is 3.85. The molecule has 0 saturated carbocycles. The molecule has 1 heterocycles. The van der Waals surface area contributed by atoms with Crippen LogP contribution in [0.2, 0.25) is 5.02 Å². The van der Waals surface area contributed by atoms with Gasteiger partial charge in [-0.25, -0.2) is 0 Å². The number of rotatable bonds is 7. The van der Waals surface area contributed by atoms with E-state index in [1.807, 2.05) is 26.0 Å². The molecule has 1 aromatic carbocycles. The summed E-state index contributed by atoms with van der Waals surface area (Å²) >= 11 is 5.88. The highest BCUT2D eigenvalue weighted by Gasteiger charge is 2.10. The van der Waals surface area contributed by atoms with Crippen molar-refractivity contribution in [3.05, 3.63) is 52.9 Å². The SMILES string of the molecule is Cc1cc(Cl)ccc1OCC(=O)N[C@H](C)CCc1ccco1. The Balaban J connectivity index is 1.72. The maximum Gasteiger partial charge on any atom is 0.258 e. The second kappa shape index (κ2) is 7.90. The Morgan fingerprint density at radius 1 is 1.41 bits per heavy atom. The zero-order valence-electron chi connectivity index (χ0n) is 12.8. The van der Waals surface area contributed by atoms with Gasteiger partial charge in [0.05, 0.1) is 6.26 Å². The lowest BCUT2D eigenvalue weighted by Crippen LogP contribution is -2.36. The summed E-state index contributed by atoms with van der Waals surface area (Å²) in [6, 6.07) is 9.18. The summed E-state index contributed by atoms with van der Waals surface area (Å²) in [5.74, 6) is 1.46. The smallest absolute Gasteiger partial charge is 0.258 e. The fourth-order valence-electron chi connectivity index (χ4n) is 2.12. The van der Waals surface area contributed by atoms with E-state index in [9.17, 15) is 4.79 Å². The number of carbonyl (C=O) groups is 1. The Morgan fingerprint density at radius 2 is 2.23 bits per heavy atom. The second-order valence-electron chi connectivity index (χ2n) is 5.29. The number of benzene rings is 1. The van der Waals surface area contributed by atoms with Crippen LogP contribution in [-0.2, 0) is 11.2 Å². The molecule has 118 valence electrons. The van der Waals surface area contributed by atoms with E-state index in [0.29, 0.717) is 10.8 Å². The van der Waals surface area contributed by atoms with Crippen LogP contribution in [-0.4, -0.2) is 18.6 Å². The molecule has 0 spiro atoms. The molecule has 5 heteroatoms. The zero-order valence-corrected chi connectivity index (χ0v) is 13.5. The number of hydrogen-bond donors (Lipinski definition) is 1. The Hall–Kier alpha value is -1.94. The van der Waals surface area contributed by atoms with Crippen LogP contribution in [0.4, 0.5) is 0 Å². The molecule has 0 aliphatic heterocycles. The first-order valence-electron chi connectivity index (χ1n) is 7.25. The quantitative estimate of drug-likeness (QED) is 0.844. The predicted molar refractivity (Wildman–Crippen MR) is 86.3 cm³/mol. The summed E-state index contributed by atoms with van der Waals surface area (Å²) in [4.78, 5) is 11.9. The van der Waals surface area contributed by atoms with Gasteiger partial charge in [0.15, 0.2) is 6.61 Å². The number of amides is 1. The van der Waals surface area contributed by atoms with E-state index in [2.05, 4.69) is 5.32 Å². The van der Waals surface area contributed by atoms with Gasteiger partial charge in [-0.15, -0.1) is 0 Å². The van der Waals surface area contributed by atoms with Gasteiger partial charge < -0.3 is 14.5 Å². The molecule has 0 aliphatic carbocycles. The summed E-state index contributed by atoms with van der Waals surface area (Å²) in [5.41, 5.74) is 0.908. The standard InChI is InChI=1S/C17H20ClNO3/c1-12-10-14(18)6-8-16(12)22-11-17(20)19-13(2)5-7-15-4-3-9-21-15/h3-4,6,8-10,13H,5,7,11H2,1-2H3,(H,19,20)/t13-/m1/s1. The largest absolute Gasteiger partial charge is 0.484 e. The van der Waals surface area contributed by atoms with Gasteiger partial charge in [0, 0.05) is 17.5 Å². The molecular formula is C17H20ClNO3. The highest BCUT2D eigenvalue weighted by molar-refractivity contribution is 6.30. The molecule has 1 amide bonds. The van der Waals surface area contributed by atoms with Crippen molar-refractivity contribution in [1.29, 1.82) is 0 Å². The third kappa shape index (κ3) is 5.11. The average molecular weight is 322 g/mol. The van der Waals surface area contributed by atoms with Gasteiger partial charge in [-0.2, -0.15) is 0 Å². The lowest BCUT2D eigenvalue weighted by Gasteiger charge is -2.14. The normalized spacial score (nSPS) is 12.0. The van der Waals surface area contributed by atoms with Crippen LogP contribution in [0.3, 0.4) is 0 Å². The topological polar surface area (TPSA) is 51.5 Å². The molecular weight excluding hydrogens is 302 g/mol. The minimum Gasteiger partial charge on any atom is -0.484 e. The molecule has 0 aliphatic rings. The van der Waals surface area contributed by atoms with Gasteiger partial charge in [-0.3, -0.25) is 4.79 Å². The van der Waals surface area contributed by atoms with Gasteiger partial charge in [0.2, 0.25) is 0 Å². The van der Waals surface area contributed by atoms with E-state index in [4.69, 9.17) is 20.8 Å². The van der Waals surface area contributed by atoms with Crippen LogP contribution >= 0.6 is 11.6 Å². The first-order chi connectivity index (χ1) is 10.5. The number of hydrogen-bond acceptors (Lipinski definition) is 3. The number of furan rings is 1. The monoisotopic (exact) mass is 321 g/mol. The number of ether oxygens (including phenoxy) is 1. The maximum absolute atomic E-state index is 11.9. The van der Waals surface area contributed by atoms with Crippen LogP contribution in [0.15, 0.2) is 41.0 Å². The third-order valence-electron chi connectivity index (χ3n) is 3.31. The van der Waals surface area contributed by atoms with Crippen molar-refractivity contribution in [2.24, 2.45) is 0 Å². The van der Waals surface area contributed by atoms with Gasteiger partial charge in [-0.05, 0) is 56.2 Å². The number of halogens is 1. The zero-order chi connectivity index (χ0) is 15.9. The minimum atomic E-state index is -0.138. The molecule has 1 atom stereocenters. The first-order valence-corrected chi connectivity index (χ1v) is 7.63. The van der Waals surface area contributed by atoms with Crippen LogP contribution in [0.25, 0.3) is 0 Å². The van der Waals surface area contributed by atoms with E-state index >= 15 is 0 Å². The van der Waals surface area contributed by atoms with E-state index in [-0.39, 0.29) is 18.6 Å². The lowest BCUT2D eigenvalue weighted by atomic mass is 10.1. The molecule has 1 N–H and O–H groups in total. The van der Waals surface area contributed by atoms with Crippen molar-refractivity contribution in [3.8, 4) is 5.75 Å². The minimum absolute atomic E-state index is 0.00638. The molecule has 0 unspecified atom stereocenters. The van der Waals surface area contributed by atoms with Crippen molar-refractivity contribution in [2.75, 3.05) is 6.61 Å². The van der Waals surface area contributed by atoms with Gasteiger partial charge in [0.25, 0.3) is 5.91 Å². The molecule has 0 fully saturated rings. The first kappa shape index (κ1) is 16.4. The molecule has 4 nitrogen and oxygen atoms in total. The second-order valence-corrected chi connectivity index (χ2v) is 5.72. The summed E-state index contributed by atoms with van der Waals surface area (Å²) in [7, 11) is 0. The fourth-order valence-corrected chi connectivity index (χ4v) is 2.35. The van der Waals surface area contributed by atoms with Gasteiger partial charge in [0.1, 0.15) is 11.5 Å². The average Bonchev–Trinajstić information content (AvgIpc) is 2.97. The number of aryl methyl sites for hydroxylation is 2. The van der Waals surface area contributed by atoms with E-state index in [1.54, 1.807) is 24.5 Å². The van der Waals surface area contributed by atoms with Crippen LogP contribution < -0.4 is 10.1 Å². The summed E-state index contributed by atoms with van der Waals surface area (Å²) < 4.78 is 10.8. The molecule has 0 radical (unpaired) electrons. The van der Waals surface area contributed by atoms with Crippen molar-refractivity contribution < 1.29 is 13.9 Å². The van der Waals surface area contributed by atoms with E-state index in [1.165, 1.54) is 0 Å². The molecule has 0 saturated heterocycles. The summed E-state index contributed by atoms with van der Waals surface area (Å²) in [5, 5.41) is 3.57. The van der Waals surface area contributed by atoms with E-state index < -0.39 is 0 Å². The van der Waals surface area contributed by atoms with Crippen molar-refractivity contribution in [2.45, 2.75) is 32.7 Å². The van der Waals surface area contributed by atoms with Crippen molar-refractivity contribution >= 4 is 17.5 Å². The van der Waals surface area contributed by atoms with Gasteiger partial charge >= 0.3 is 0 Å². The Labute approximate surface area is 135 Å². The maximum atomic E-state index is 11.9. The molecule has 2 rings (SSSR count). The number of nitrogens with one attached hydrogen (secondary N) is 1. The predicted octanol–water partition coefficient (Wildman–Crippen LogP) is 3.76. The van der Waals surface area contributed by atoms with Gasteiger partial charge in [-0.1, -0.05) is 11.6 Å². The molecule has 0 bridgehead atoms. The highest BCUT2D eigenvalue weighted by atomic mass is 35.5. The lowest BCUT2D eigenvalue weighted by molar-refractivity contribution is -0.123. The van der Waals surface area contributed by atoms with Crippen LogP contribution in [0.5, 0.6) is 5.75 Å². The Morgan fingerprint density at radius 3 is 2.91 bits per heavy atom. The highest BCUT2D eigenvalue weighted by Crippen LogP contribution is 2.21. The van der Waals surface area contributed by atoms with Crippen LogP contribution in [0, 0.1) is 6.92 Å². The summed E-state index contributed by atoms with van der Waals surface area (Å²) in [6.07, 6.45) is 3.27. The van der Waals surface area contributed by atoms with Crippen molar-refractivity contribution in [3.63, 3.8) is 0 Å². The molecule has 2 aromatic rings. The fraction of sp³-hybridized carbons (Fsp3) is 0.353. The third-order valence-corrected chi connectivity index (χ3v) is 3.54. The van der Waals surface area contributed by atoms with Crippen molar-refractivity contribution in [1.82, 2.24) is 5.32 Å². The molecule has 22 heavy (non-hydrogen) atoms. The molecule has 1 aromatic heterocycles. The Kier molecular flexibility index (Phi) is 5.90. The number of carbonyl (C=O) groups excluding carboxylic acids is 1.